The van der Waals surface area contributed by atoms with Crippen LogP contribution in [0, 0.1) is 0 Å². The molecule has 1 aliphatic rings. The summed E-state index contributed by atoms with van der Waals surface area (Å²) in [5, 5.41) is 2.98. The zero-order valence-corrected chi connectivity index (χ0v) is 9.73. The highest BCUT2D eigenvalue weighted by molar-refractivity contribution is 4.95. The Morgan fingerprint density at radius 2 is 1.87 bits per heavy atom. The second-order valence-corrected chi connectivity index (χ2v) is 4.33. The predicted molar refractivity (Wildman–Crippen MR) is 58.4 cm³/mol. The van der Waals surface area contributed by atoms with E-state index in [4.69, 9.17) is 0 Å². The molecule has 1 saturated heterocycles. The summed E-state index contributed by atoms with van der Waals surface area (Å²) in [5.41, 5.74) is -0.918. The van der Waals surface area contributed by atoms with Gasteiger partial charge in [-0.3, -0.25) is 0 Å². The standard InChI is InChI=1S/C11H22F2N2/c1-3-7-15-8-5-11(6-9-15,10(12)13)14-4-2/h10,14H,3-9H2,1-2H3. The quantitative estimate of drug-likeness (QED) is 0.763. The van der Waals surface area contributed by atoms with E-state index in [1.807, 2.05) is 6.92 Å². The number of hydrogen-bond acceptors (Lipinski definition) is 2. The van der Waals surface area contributed by atoms with E-state index in [2.05, 4.69) is 17.1 Å². The van der Waals surface area contributed by atoms with E-state index in [0.717, 1.165) is 26.1 Å². The molecule has 0 aromatic heterocycles. The molecule has 0 spiro atoms. The molecule has 0 bridgehead atoms. The van der Waals surface area contributed by atoms with Gasteiger partial charge in [-0.1, -0.05) is 13.8 Å². The summed E-state index contributed by atoms with van der Waals surface area (Å²) in [4.78, 5) is 2.28. The number of nitrogens with one attached hydrogen (secondary N) is 1. The van der Waals surface area contributed by atoms with E-state index in [0.29, 0.717) is 19.4 Å². The Bertz CT molecular complexity index is 177. The van der Waals surface area contributed by atoms with Crippen LogP contribution >= 0.6 is 0 Å². The molecule has 1 heterocycles. The molecular weight excluding hydrogens is 198 g/mol. The molecule has 0 atom stereocenters. The maximum Gasteiger partial charge on any atom is 0.256 e. The average molecular weight is 220 g/mol. The van der Waals surface area contributed by atoms with Gasteiger partial charge in [0.15, 0.2) is 0 Å². The van der Waals surface area contributed by atoms with Crippen LogP contribution < -0.4 is 5.32 Å². The SMILES string of the molecule is CCCN1CCC(NCC)(C(F)F)CC1. The van der Waals surface area contributed by atoms with E-state index in [-0.39, 0.29) is 0 Å². The average Bonchev–Trinajstić information content (AvgIpc) is 2.21. The van der Waals surface area contributed by atoms with Gasteiger partial charge in [-0.2, -0.15) is 0 Å². The molecule has 0 unspecified atom stereocenters. The monoisotopic (exact) mass is 220 g/mol. The van der Waals surface area contributed by atoms with Gasteiger partial charge < -0.3 is 10.2 Å². The molecule has 0 aromatic rings. The minimum atomic E-state index is -2.25. The first kappa shape index (κ1) is 12.8. The third kappa shape index (κ3) is 3.11. The van der Waals surface area contributed by atoms with Gasteiger partial charge in [0.05, 0.1) is 5.54 Å². The molecule has 4 heteroatoms. The number of piperidine rings is 1. The molecule has 0 amide bonds. The number of hydrogen-bond donors (Lipinski definition) is 1. The van der Waals surface area contributed by atoms with Crippen LogP contribution in [0.5, 0.6) is 0 Å². The summed E-state index contributed by atoms with van der Waals surface area (Å²) < 4.78 is 26.0. The number of alkyl halides is 2. The van der Waals surface area contributed by atoms with Crippen molar-refractivity contribution in [3.63, 3.8) is 0 Å². The third-order valence-electron chi connectivity index (χ3n) is 3.23. The topological polar surface area (TPSA) is 15.3 Å². The Kier molecular flexibility index (Phi) is 4.93. The van der Waals surface area contributed by atoms with Gasteiger partial charge in [-0.05, 0) is 32.4 Å². The summed E-state index contributed by atoms with van der Waals surface area (Å²) in [6.45, 7) is 7.27. The van der Waals surface area contributed by atoms with Crippen molar-refractivity contribution in [2.75, 3.05) is 26.2 Å². The zero-order chi connectivity index (χ0) is 11.3. The summed E-state index contributed by atoms with van der Waals surface area (Å²) in [6.07, 6.45) is -0.0129. The molecule has 1 aliphatic heterocycles. The lowest BCUT2D eigenvalue weighted by Gasteiger charge is -2.41. The first-order valence-electron chi connectivity index (χ1n) is 5.90. The molecule has 0 saturated carbocycles. The Labute approximate surface area is 91.0 Å². The predicted octanol–water partition coefficient (Wildman–Crippen LogP) is 2.11. The Morgan fingerprint density at radius 1 is 1.27 bits per heavy atom. The summed E-state index contributed by atoms with van der Waals surface area (Å²) in [6, 6.07) is 0. The van der Waals surface area contributed by atoms with E-state index in [1.54, 1.807) is 0 Å². The largest absolute Gasteiger partial charge is 0.307 e. The van der Waals surface area contributed by atoms with Crippen molar-refractivity contribution >= 4 is 0 Å². The van der Waals surface area contributed by atoms with Crippen molar-refractivity contribution in [2.24, 2.45) is 0 Å². The fourth-order valence-corrected chi connectivity index (χ4v) is 2.32. The molecule has 1 fully saturated rings. The van der Waals surface area contributed by atoms with Crippen molar-refractivity contribution in [3.8, 4) is 0 Å². The van der Waals surface area contributed by atoms with Crippen LogP contribution in [-0.2, 0) is 0 Å². The van der Waals surface area contributed by atoms with Crippen molar-refractivity contribution in [1.29, 1.82) is 0 Å². The fraction of sp³-hybridized carbons (Fsp3) is 1.00. The lowest BCUT2D eigenvalue weighted by Crippen LogP contribution is -2.57. The van der Waals surface area contributed by atoms with Crippen LogP contribution in [-0.4, -0.2) is 43.0 Å². The van der Waals surface area contributed by atoms with E-state index >= 15 is 0 Å². The Morgan fingerprint density at radius 3 is 2.27 bits per heavy atom. The molecule has 0 aromatic carbocycles. The van der Waals surface area contributed by atoms with Gasteiger partial charge >= 0.3 is 0 Å². The number of nitrogens with zero attached hydrogens (tertiary/aromatic N) is 1. The zero-order valence-electron chi connectivity index (χ0n) is 9.73. The minimum absolute atomic E-state index is 0.568. The van der Waals surface area contributed by atoms with Crippen LogP contribution in [0.3, 0.4) is 0 Å². The van der Waals surface area contributed by atoms with E-state index in [9.17, 15) is 8.78 Å². The first-order chi connectivity index (χ1) is 7.14. The van der Waals surface area contributed by atoms with Crippen molar-refractivity contribution in [2.45, 2.75) is 45.1 Å². The molecule has 2 nitrogen and oxygen atoms in total. The maximum atomic E-state index is 13.0. The molecular formula is C11H22F2N2. The van der Waals surface area contributed by atoms with Gasteiger partial charge in [0.2, 0.25) is 0 Å². The lowest BCUT2D eigenvalue weighted by atomic mass is 9.87. The lowest BCUT2D eigenvalue weighted by molar-refractivity contribution is -0.0100. The normalized spacial score (nSPS) is 22.2. The summed E-state index contributed by atoms with van der Waals surface area (Å²) in [7, 11) is 0. The third-order valence-corrected chi connectivity index (χ3v) is 3.23. The van der Waals surface area contributed by atoms with Gasteiger partial charge in [0.1, 0.15) is 0 Å². The van der Waals surface area contributed by atoms with Gasteiger partial charge in [-0.25, -0.2) is 8.78 Å². The van der Waals surface area contributed by atoms with Gasteiger partial charge in [0, 0.05) is 13.1 Å². The molecule has 0 radical (unpaired) electrons. The highest BCUT2D eigenvalue weighted by atomic mass is 19.3. The maximum absolute atomic E-state index is 13.0. The second kappa shape index (κ2) is 5.75. The van der Waals surface area contributed by atoms with Crippen LogP contribution in [0.1, 0.15) is 33.1 Å². The van der Waals surface area contributed by atoms with Crippen molar-refractivity contribution in [1.82, 2.24) is 10.2 Å². The molecule has 1 rings (SSSR count). The smallest absolute Gasteiger partial charge is 0.256 e. The van der Waals surface area contributed by atoms with E-state index < -0.39 is 12.0 Å². The van der Waals surface area contributed by atoms with Gasteiger partial charge in [-0.15, -0.1) is 0 Å². The van der Waals surface area contributed by atoms with Crippen molar-refractivity contribution < 1.29 is 8.78 Å². The van der Waals surface area contributed by atoms with Crippen LogP contribution in [0.4, 0.5) is 8.78 Å². The number of halogens is 2. The highest BCUT2D eigenvalue weighted by Gasteiger charge is 2.41. The molecule has 15 heavy (non-hydrogen) atoms. The van der Waals surface area contributed by atoms with Crippen LogP contribution in [0.15, 0.2) is 0 Å². The fourth-order valence-electron chi connectivity index (χ4n) is 2.32. The second-order valence-electron chi connectivity index (χ2n) is 4.33. The van der Waals surface area contributed by atoms with E-state index in [1.165, 1.54) is 0 Å². The number of likely N-dealkylation sites (tertiary alicyclic amines) is 1. The van der Waals surface area contributed by atoms with Crippen molar-refractivity contribution in [3.05, 3.63) is 0 Å². The van der Waals surface area contributed by atoms with Crippen LogP contribution in [0.25, 0.3) is 0 Å². The summed E-state index contributed by atoms with van der Waals surface area (Å²) in [5.74, 6) is 0. The first-order valence-corrected chi connectivity index (χ1v) is 5.90. The molecule has 1 N–H and O–H groups in total. The number of rotatable bonds is 5. The Hall–Kier alpha value is -0.220. The highest BCUT2D eigenvalue weighted by Crippen LogP contribution is 2.28. The summed E-state index contributed by atoms with van der Waals surface area (Å²) >= 11 is 0. The Balaban J connectivity index is 2.49. The minimum Gasteiger partial charge on any atom is -0.307 e. The molecule has 0 aliphatic carbocycles. The van der Waals surface area contributed by atoms with Crippen LogP contribution in [0.2, 0.25) is 0 Å². The molecule has 90 valence electrons. The van der Waals surface area contributed by atoms with Gasteiger partial charge in [0.25, 0.3) is 6.43 Å².